The molecule has 1 N–H and O–H groups in total. The van der Waals surface area contributed by atoms with Gasteiger partial charge < -0.3 is 19.9 Å². The molecule has 9 heteroatoms. The molecule has 130 valence electrons. The van der Waals surface area contributed by atoms with Crippen molar-refractivity contribution in [3.63, 3.8) is 0 Å². The second-order valence-electron chi connectivity index (χ2n) is 5.06. The van der Waals surface area contributed by atoms with Crippen molar-refractivity contribution in [3.8, 4) is 0 Å². The molecule has 1 heterocycles. The first-order chi connectivity index (χ1) is 11.4. The summed E-state index contributed by atoms with van der Waals surface area (Å²) in [6.07, 6.45) is -0.417. The van der Waals surface area contributed by atoms with Crippen molar-refractivity contribution in [1.82, 2.24) is 9.80 Å². The third-order valence-electron chi connectivity index (χ3n) is 3.46. The summed E-state index contributed by atoms with van der Waals surface area (Å²) in [5, 5.41) is 3.13. The molecule has 2 rings (SSSR count). The number of benzene rings is 1. The number of hydrogen-bond donors (Lipinski definition) is 1. The van der Waals surface area contributed by atoms with Gasteiger partial charge in [0.05, 0.1) is 17.3 Å². The number of rotatable bonds is 2. The van der Waals surface area contributed by atoms with E-state index in [0.717, 1.165) is 0 Å². The van der Waals surface area contributed by atoms with Gasteiger partial charge in [-0.15, -0.1) is 0 Å². The smallest absolute Gasteiger partial charge is 0.409 e. The molecule has 0 aliphatic carbocycles. The quantitative estimate of drug-likeness (QED) is 0.806. The number of carbonyl (C=O) groups excluding carboxylic acids is 3. The summed E-state index contributed by atoms with van der Waals surface area (Å²) in [6, 6.07) is 4.58. The Balaban J connectivity index is 1.91. The van der Waals surface area contributed by atoms with E-state index in [0.29, 0.717) is 24.7 Å². The maximum atomic E-state index is 12.2. The maximum absolute atomic E-state index is 12.2. The molecule has 3 amide bonds. The molecule has 1 aromatic carbocycles. The van der Waals surface area contributed by atoms with Gasteiger partial charge >= 0.3 is 17.9 Å². The second kappa shape index (κ2) is 8.21. The Bertz CT molecular complexity index is 646. The van der Waals surface area contributed by atoms with Crippen LogP contribution in [0.25, 0.3) is 0 Å². The predicted molar refractivity (Wildman–Crippen MR) is 90.3 cm³/mol. The fourth-order valence-electron chi connectivity index (χ4n) is 2.22. The number of anilines is 1. The molecule has 0 atom stereocenters. The van der Waals surface area contributed by atoms with Gasteiger partial charge in [-0.05, 0) is 25.1 Å². The number of piperazine rings is 1. The molecule has 1 aliphatic heterocycles. The molecule has 7 nitrogen and oxygen atoms in total. The minimum absolute atomic E-state index is 0.258. The molecular formula is C15H17Cl2N3O4. The van der Waals surface area contributed by atoms with Crippen molar-refractivity contribution in [2.75, 3.05) is 38.1 Å². The van der Waals surface area contributed by atoms with Crippen LogP contribution in [0.5, 0.6) is 0 Å². The molecule has 24 heavy (non-hydrogen) atoms. The minimum atomic E-state index is -0.802. The lowest BCUT2D eigenvalue weighted by Crippen LogP contribution is -2.53. The van der Waals surface area contributed by atoms with Gasteiger partial charge in [0, 0.05) is 31.2 Å². The third-order valence-corrected chi connectivity index (χ3v) is 4.03. The van der Waals surface area contributed by atoms with Crippen molar-refractivity contribution in [2.45, 2.75) is 6.92 Å². The van der Waals surface area contributed by atoms with Crippen molar-refractivity contribution in [2.24, 2.45) is 0 Å². The van der Waals surface area contributed by atoms with Crippen LogP contribution < -0.4 is 5.32 Å². The molecule has 0 unspecified atom stereocenters. The van der Waals surface area contributed by atoms with Crippen LogP contribution >= 0.6 is 23.2 Å². The summed E-state index contributed by atoms with van der Waals surface area (Å²) in [5.41, 5.74) is 0.271. The number of nitrogens with one attached hydrogen (secondary N) is 1. The number of hydrogen-bond acceptors (Lipinski definition) is 4. The van der Waals surface area contributed by atoms with E-state index in [1.807, 2.05) is 0 Å². The highest BCUT2D eigenvalue weighted by molar-refractivity contribution is 6.42. The van der Waals surface area contributed by atoms with Gasteiger partial charge in [0.2, 0.25) is 0 Å². The Kier molecular flexibility index (Phi) is 6.28. The van der Waals surface area contributed by atoms with Crippen LogP contribution in [0, 0.1) is 0 Å². The Morgan fingerprint density at radius 1 is 1.12 bits per heavy atom. The first kappa shape index (κ1) is 18.4. The van der Waals surface area contributed by atoms with Crippen molar-refractivity contribution in [3.05, 3.63) is 28.2 Å². The largest absolute Gasteiger partial charge is 0.450 e. The lowest BCUT2D eigenvalue weighted by molar-refractivity contribution is -0.144. The summed E-state index contributed by atoms with van der Waals surface area (Å²) in [6.45, 7) is 3.16. The van der Waals surface area contributed by atoms with Gasteiger partial charge in [-0.2, -0.15) is 0 Å². The fraction of sp³-hybridized carbons (Fsp3) is 0.400. The van der Waals surface area contributed by atoms with Gasteiger partial charge in [0.1, 0.15) is 0 Å². The summed E-state index contributed by atoms with van der Waals surface area (Å²) >= 11 is 11.8. The van der Waals surface area contributed by atoms with Gasteiger partial charge in [-0.1, -0.05) is 23.2 Å². The van der Waals surface area contributed by atoms with Gasteiger partial charge in [0.25, 0.3) is 0 Å². The van der Waals surface area contributed by atoms with E-state index in [-0.39, 0.29) is 23.8 Å². The first-order valence-corrected chi connectivity index (χ1v) is 8.15. The van der Waals surface area contributed by atoms with E-state index in [9.17, 15) is 14.4 Å². The van der Waals surface area contributed by atoms with Crippen LogP contribution in [0.4, 0.5) is 10.5 Å². The Hall–Kier alpha value is -1.99. The van der Waals surface area contributed by atoms with E-state index in [1.165, 1.54) is 21.9 Å². The van der Waals surface area contributed by atoms with Crippen LogP contribution in [0.2, 0.25) is 10.0 Å². The molecule has 1 saturated heterocycles. The Labute approximate surface area is 149 Å². The summed E-state index contributed by atoms with van der Waals surface area (Å²) in [4.78, 5) is 38.8. The van der Waals surface area contributed by atoms with Crippen LogP contribution in [0.15, 0.2) is 18.2 Å². The monoisotopic (exact) mass is 373 g/mol. The standard InChI is InChI=1S/C15H17Cl2N3O4/c1-2-24-15(23)20-7-5-19(6-8-20)14(22)13(21)18-12-9-10(16)3-4-11(12)17/h3-4,9H,2,5-8H2,1H3,(H,18,21). The van der Waals surface area contributed by atoms with E-state index < -0.39 is 17.9 Å². The van der Waals surface area contributed by atoms with Gasteiger partial charge in [-0.25, -0.2) is 4.79 Å². The van der Waals surface area contributed by atoms with E-state index in [4.69, 9.17) is 27.9 Å². The fourth-order valence-corrected chi connectivity index (χ4v) is 2.56. The summed E-state index contributed by atoms with van der Waals surface area (Å²) in [5.74, 6) is -1.49. The minimum Gasteiger partial charge on any atom is -0.450 e. The maximum Gasteiger partial charge on any atom is 0.409 e. The molecule has 1 aliphatic rings. The third kappa shape index (κ3) is 4.52. The second-order valence-corrected chi connectivity index (χ2v) is 5.90. The van der Waals surface area contributed by atoms with Crippen molar-refractivity contribution < 1.29 is 19.1 Å². The SMILES string of the molecule is CCOC(=O)N1CCN(C(=O)C(=O)Nc2cc(Cl)ccc2Cl)CC1. The number of halogens is 2. The average molecular weight is 374 g/mol. The molecule has 0 saturated carbocycles. The van der Waals surface area contributed by atoms with Crippen molar-refractivity contribution in [1.29, 1.82) is 0 Å². The lowest BCUT2D eigenvalue weighted by Gasteiger charge is -2.33. The normalized spacial score (nSPS) is 14.3. The zero-order valence-electron chi connectivity index (χ0n) is 13.1. The van der Waals surface area contributed by atoms with E-state index in [1.54, 1.807) is 13.0 Å². The van der Waals surface area contributed by atoms with Crippen LogP contribution in [-0.4, -0.2) is 60.5 Å². The number of ether oxygens (including phenoxy) is 1. The number of carbonyl (C=O) groups is 3. The highest BCUT2D eigenvalue weighted by Gasteiger charge is 2.28. The molecule has 0 radical (unpaired) electrons. The Morgan fingerprint density at radius 3 is 2.38 bits per heavy atom. The molecule has 0 aromatic heterocycles. The van der Waals surface area contributed by atoms with Crippen LogP contribution in [0.3, 0.4) is 0 Å². The van der Waals surface area contributed by atoms with Crippen LogP contribution in [0.1, 0.15) is 6.92 Å². The highest BCUT2D eigenvalue weighted by Crippen LogP contribution is 2.25. The molecular weight excluding hydrogens is 357 g/mol. The van der Waals surface area contributed by atoms with Gasteiger partial charge in [0.15, 0.2) is 0 Å². The molecule has 1 aromatic rings. The average Bonchev–Trinajstić information content (AvgIpc) is 2.57. The lowest BCUT2D eigenvalue weighted by atomic mass is 10.3. The molecule has 1 fully saturated rings. The van der Waals surface area contributed by atoms with Crippen molar-refractivity contribution >= 4 is 46.8 Å². The highest BCUT2D eigenvalue weighted by atomic mass is 35.5. The number of amides is 3. The zero-order chi connectivity index (χ0) is 17.7. The summed E-state index contributed by atoms with van der Waals surface area (Å²) in [7, 11) is 0. The van der Waals surface area contributed by atoms with E-state index in [2.05, 4.69) is 5.32 Å². The molecule has 0 bridgehead atoms. The zero-order valence-corrected chi connectivity index (χ0v) is 14.6. The predicted octanol–water partition coefficient (Wildman–Crippen LogP) is 2.23. The van der Waals surface area contributed by atoms with Gasteiger partial charge in [-0.3, -0.25) is 9.59 Å². The Morgan fingerprint density at radius 2 is 1.75 bits per heavy atom. The topological polar surface area (TPSA) is 79.0 Å². The molecule has 0 spiro atoms. The summed E-state index contributed by atoms with van der Waals surface area (Å²) < 4.78 is 4.90. The number of nitrogens with zero attached hydrogens (tertiary/aromatic N) is 2. The first-order valence-electron chi connectivity index (χ1n) is 7.39. The van der Waals surface area contributed by atoms with Crippen LogP contribution in [-0.2, 0) is 14.3 Å². The van der Waals surface area contributed by atoms with E-state index >= 15 is 0 Å².